The molecule has 0 aliphatic carbocycles. The number of hydrogen-bond acceptors (Lipinski definition) is 1. The van der Waals surface area contributed by atoms with Crippen LogP contribution in [0.2, 0.25) is 0 Å². The van der Waals surface area contributed by atoms with E-state index in [4.69, 9.17) is 5.11 Å². The second-order valence-corrected chi connectivity index (χ2v) is 3.80. The van der Waals surface area contributed by atoms with Crippen LogP contribution in [-0.2, 0) is 13.1 Å². The lowest BCUT2D eigenvalue weighted by Gasteiger charge is -2.09. The number of fused-ring (bicyclic) bond motifs is 1. The quantitative estimate of drug-likeness (QED) is 0.683. The summed E-state index contributed by atoms with van der Waals surface area (Å²) in [6, 6.07) is 4.11. The second kappa shape index (κ2) is 3.01. The molecule has 1 aromatic carbocycles. The molecule has 0 spiro atoms. The van der Waals surface area contributed by atoms with Crippen molar-refractivity contribution in [2.45, 2.75) is 26.9 Å². The summed E-state index contributed by atoms with van der Waals surface area (Å²) in [6.07, 6.45) is -0.833. The molecule has 0 bridgehead atoms. The molecule has 1 aliphatic rings. The van der Waals surface area contributed by atoms with Crippen molar-refractivity contribution in [3.8, 4) is 0 Å². The summed E-state index contributed by atoms with van der Waals surface area (Å²) < 4.78 is 0. The molecule has 0 unspecified atom stereocenters. The Kier molecular flexibility index (Phi) is 1.95. The summed E-state index contributed by atoms with van der Waals surface area (Å²) in [6.45, 7) is 5.14. The van der Waals surface area contributed by atoms with E-state index >= 15 is 0 Å². The van der Waals surface area contributed by atoms with Crippen LogP contribution in [0.15, 0.2) is 12.1 Å². The fraction of sp³-hybridized carbons (Fsp3) is 0.364. The van der Waals surface area contributed by atoms with E-state index in [-0.39, 0.29) is 0 Å². The number of nitrogens with zero attached hydrogens (tertiary/aromatic N) is 1. The van der Waals surface area contributed by atoms with Crippen LogP contribution in [-0.4, -0.2) is 16.1 Å². The van der Waals surface area contributed by atoms with Gasteiger partial charge in [-0.25, -0.2) is 4.79 Å². The molecule has 0 radical (unpaired) electrons. The lowest BCUT2D eigenvalue weighted by molar-refractivity contribution is 0.145. The first kappa shape index (κ1) is 9.06. The first-order valence-corrected chi connectivity index (χ1v) is 4.65. The number of benzene rings is 1. The maximum absolute atomic E-state index is 10.8. The lowest BCUT2D eigenvalue weighted by atomic mass is 10.0. The van der Waals surface area contributed by atoms with E-state index in [0.29, 0.717) is 13.1 Å². The zero-order chi connectivity index (χ0) is 10.3. The van der Waals surface area contributed by atoms with Gasteiger partial charge >= 0.3 is 6.09 Å². The largest absolute Gasteiger partial charge is 0.465 e. The minimum absolute atomic E-state index is 0.540. The van der Waals surface area contributed by atoms with Gasteiger partial charge in [0.15, 0.2) is 0 Å². The van der Waals surface area contributed by atoms with E-state index in [0.717, 1.165) is 0 Å². The first-order chi connectivity index (χ1) is 6.59. The Balaban J connectivity index is 2.43. The third-order valence-corrected chi connectivity index (χ3v) is 2.87. The Bertz CT molecular complexity index is 368. The van der Waals surface area contributed by atoms with Crippen LogP contribution in [0.3, 0.4) is 0 Å². The molecule has 14 heavy (non-hydrogen) atoms. The van der Waals surface area contributed by atoms with Crippen molar-refractivity contribution in [3.05, 3.63) is 34.4 Å². The molecule has 0 saturated heterocycles. The van der Waals surface area contributed by atoms with Crippen molar-refractivity contribution in [1.82, 2.24) is 4.90 Å². The number of rotatable bonds is 0. The van der Waals surface area contributed by atoms with E-state index in [9.17, 15) is 4.79 Å². The van der Waals surface area contributed by atoms with Crippen LogP contribution in [0, 0.1) is 13.8 Å². The summed E-state index contributed by atoms with van der Waals surface area (Å²) in [5, 5.41) is 8.89. The average molecular weight is 191 g/mol. The van der Waals surface area contributed by atoms with Gasteiger partial charge in [0.05, 0.1) is 0 Å². The molecule has 1 aliphatic heterocycles. The molecule has 2 rings (SSSR count). The maximum Gasteiger partial charge on any atom is 0.407 e. The van der Waals surface area contributed by atoms with Crippen LogP contribution in [0.25, 0.3) is 0 Å². The highest BCUT2D eigenvalue weighted by Crippen LogP contribution is 2.28. The molecule has 1 heterocycles. The number of aryl methyl sites for hydroxylation is 2. The topological polar surface area (TPSA) is 40.5 Å². The Morgan fingerprint density at radius 3 is 2.00 bits per heavy atom. The van der Waals surface area contributed by atoms with Crippen molar-refractivity contribution in [3.63, 3.8) is 0 Å². The Morgan fingerprint density at radius 2 is 1.64 bits per heavy atom. The maximum atomic E-state index is 10.8. The van der Waals surface area contributed by atoms with E-state index in [1.165, 1.54) is 27.2 Å². The fourth-order valence-electron chi connectivity index (χ4n) is 1.94. The van der Waals surface area contributed by atoms with E-state index < -0.39 is 6.09 Å². The summed E-state index contributed by atoms with van der Waals surface area (Å²) in [5.74, 6) is 0. The van der Waals surface area contributed by atoms with Gasteiger partial charge in [-0.05, 0) is 36.1 Å². The summed E-state index contributed by atoms with van der Waals surface area (Å²) in [5.41, 5.74) is 4.75. The van der Waals surface area contributed by atoms with Crippen LogP contribution in [0.5, 0.6) is 0 Å². The molecule has 1 amide bonds. The standard InChI is InChI=1S/C11H13NO2/c1-7-3-4-8(2)10-6-12(11(13)14)5-9(7)10/h3-4H,5-6H2,1-2H3,(H,13,14). The zero-order valence-electron chi connectivity index (χ0n) is 8.37. The molecular weight excluding hydrogens is 178 g/mol. The normalized spacial score (nSPS) is 14.3. The van der Waals surface area contributed by atoms with Crippen molar-refractivity contribution < 1.29 is 9.90 Å². The minimum atomic E-state index is -0.833. The van der Waals surface area contributed by atoms with Crippen LogP contribution < -0.4 is 0 Å². The molecule has 3 nitrogen and oxygen atoms in total. The number of carboxylic acid groups (broad SMARTS) is 1. The number of carbonyl (C=O) groups is 1. The van der Waals surface area contributed by atoms with Gasteiger partial charge in [-0.3, -0.25) is 4.90 Å². The number of hydrogen-bond donors (Lipinski definition) is 1. The highest BCUT2D eigenvalue weighted by atomic mass is 16.4. The minimum Gasteiger partial charge on any atom is -0.465 e. The van der Waals surface area contributed by atoms with Crippen LogP contribution in [0.1, 0.15) is 22.3 Å². The summed E-state index contributed by atoms with van der Waals surface area (Å²) in [7, 11) is 0. The van der Waals surface area contributed by atoms with Gasteiger partial charge in [0.25, 0.3) is 0 Å². The first-order valence-electron chi connectivity index (χ1n) is 4.65. The van der Waals surface area contributed by atoms with Gasteiger partial charge in [-0.15, -0.1) is 0 Å². The third-order valence-electron chi connectivity index (χ3n) is 2.87. The second-order valence-electron chi connectivity index (χ2n) is 3.80. The summed E-state index contributed by atoms with van der Waals surface area (Å²) >= 11 is 0. The fourth-order valence-corrected chi connectivity index (χ4v) is 1.94. The van der Waals surface area contributed by atoms with Gasteiger partial charge in [-0.1, -0.05) is 12.1 Å². The predicted octanol–water partition coefficient (Wildman–Crippen LogP) is 2.30. The summed E-state index contributed by atoms with van der Waals surface area (Å²) in [4.78, 5) is 12.3. The molecule has 0 fully saturated rings. The van der Waals surface area contributed by atoms with E-state index in [2.05, 4.69) is 12.1 Å². The molecular formula is C11H13NO2. The molecule has 74 valence electrons. The monoisotopic (exact) mass is 191 g/mol. The number of amides is 1. The Morgan fingerprint density at radius 1 is 1.21 bits per heavy atom. The SMILES string of the molecule is Cc1ccc(C)c2c1CN(C(=O)O)C2. The third kappa shape index (κ3) is 1.25. The van der Waals surface area contributed by atoms with Gasteiger partial charge in [0.2, 0.25) is 0 Å². The van der Waals surface area contributed by atoms with E-state index in [1.54, 1.807) is 0 Å². The lowest BCUT2D eigenvalue weighted by Crippen LogP contribution is -2.22. The van der Waals surface area contributed by atoms with E-state index in [1.807, 2.05) is 13.8 Å². The Hall–Kier alpha value is -1.51. The molecule has 0 aromatic heterocycles. The van der Waals surface area contributed by atoms with Crippen molar-refractivity contribution in [2.75, 3.05) is 0 Å². The predicted molar refractivity (Wildman–Crippen MR) is 53.2 cm³/mol. The molecule has 1 aromatic rings. The smallest absolute Gasteiger partial charge is 0.407 e. The Labute approximate surface area is 83.0 Å². The highest BCUT2D eigenvalue weighted by Gasteiger charge is 2.25. The molecule has 0 atom stereocenters. The van der Waals surface area contributed by atoms with Crippen molar-refractivity contribution in [1.29, 1.82) is 0 Å². The van der Waals surface area contributed by atoms with Crippen LogP contribution in [0.4, 0.5) is 4.79 Å². The average Bonchev–Trinajstić information content (AvgIpc) is 2.57. The van der Waals surface area contributed by atoms with Crippen molar-refractivity contribution in [2.24, 2.45) is 0 Å². The van der Waals surface area contributed by atoms with Gasteiger partial charge in [0.1, 0.15) is 0 Å². The molecule has 0 saturated carbocycles. The zero-order valence-corrected chi connectivity index (χ0v) is 8.37. The van der Waals surface area contributed by atoms with Gasteiger partial charge in [0, 0.05) is 13.1 Å². The van der Waals surface area contributed by atoms with Crippen LogP contribution >= 0.6 is 0 Å². The molecule has 3 heteroatoms. The van der Waals surface area contributed by atoms with Gasteiger partial charge in [-0.2, -0.15) is 0 Å². The van der Waals surface area contributed by atoms with Gasteiger partial charge < -0.3 is 5.11 Å². The van der Waals surface area contributed by atoms with Crippen molar-refractivity contribution >= 4 is 6.09 Å². The highest BCUT2D eigenvalue weighted by molar-refractivity contribution is 5.67. The molecule has 1 N–H and O–H groups in total.